The molecule has 4 heteroatoms. The minimum atomic E-state index is -0.410. The van der Waals surface area contributed by atoms with Crippen molar-refractivity contribution in [1.29, 1.82) is 0 Å². The van der Waals surface area contributed by atoms with E-state index in [2.05, 4.69) is 62.0 Å². The molecule has 0 spiro atoms. The van der Waals surface area contributed by atoms with Crippen molar-refractivity contribution in [3.8, 4) is 39.3 Å². The number of hydrogen-bond acceptors (Lipinski definition) is 4. The SMILES string of the molecule is C=CC(=O)OCCCOc1ccc(-c2ccc(-c3ccc4c(c3)Cc3cc(CCCCC)ccc3-4)nc2)cc1. The van der Waals surface area contributed by atoms with Gasteiger partial charge < -0.3 is 9.47 Å². The summed E-state index contributed by atoms with van der Waals surface area (Å²) in [4.78, 5) is 15.9. The highest BCUT2D eigenvalue weighted by atomic mass is 16.5. The molecule has 1 aliphatic rings. The molecule has 198 valence electrons. The molecule has 0 aliphatic heterocycles. The summed E-state index contributed by atoms with van der Waals surface area (Å²) in [7, 11) is 0. The maximum absolute atomic E-state index is 11.1. The van der Waals surface area contributed by atoms with Crippen molar-refractivity contribution in [2.45, 2.75) is 45.4 Å². The molecule has 39 heavy (non-hydrogen) atoms. The first kappa shape index (κ1) is 26.4. The average Bonchev–Trinajstić information content (AvgIpc) is 3.34. The Hall–Kier alpha value is -4.18. The van der Waals surface area contributed by atoms with Crippen molar-refractivity contribution in [3.05, 3.63) is 108 Å². The van der Waals surface area contributed by atoms with Crippen molar-refractivity contribution in [2.24, 2.45) is 0 Å². The monoisotopic (exact) mass is 517 g/mol. The number of esters is 1. The number of nitrogens with zero attached hydrogens (tertiary/aromatic N) is 1. The fraction of sp³-hybridized carbons (Fsp3) is 0.257. The lowest BCUT2D eigenvalue weighted by Crippen LogP contribution is -2.06. The lowest BCUT2D eigenvalue weighted by molar-refractivity contribution is -0.137. The Kier molecular flexibility index (Phi) is 8.52. The van der Waals surface area contributed by atoms with Gasteiger partial charge >= 0.3 is 5.97 Å². The topological polar surface area (TPSA) is 48.4 Å². The van der Waals surface area contributed by atoms with Crippen molar-refractivity contribution < 1.29 is 14.3 Å². The van der Waals surface area contributed by atoms with Gasteiger partial charge in [0.2, 0.25) is 0 Å². The highest BCUT2D eigenvalue weighted by Gasteiger charge is 2.19. The van der Waals surface area contributed by atoms with Gasteiger partial charge in [-0.15, -0.1) is 0 Å². The summed E-state index contributed by atoms with van der Waals surface area (Å²) in [6, 6.07) is 26.0. The Labute approximate surface area is 231 Å². The van der Waals surface area contributed by atoms with E-state index in [4.69, 9.17) is 14.5 Å². The van der Waals surface area contributed by atoms with Gasteiger partial charge in [-0.1, -0.05) is 74.9 Å². The standard InChI is InChI=1S/C35H35NO3/c1-3-5-6-8-25-9-16-32-29(21-25)23-30-22-27(12-17-33(30)32)34-18-13-28(24-36-34)26-10-14-31(15-11-26)38-19-7-20-39-35(37)4-2/h4,9-18,21-22,24H,2-3,5-8,19-20,23H2,1H3. The predicted octanol–water partition coefficient (Wildman–Crippen LogP) is 8.22. The highest BCUT2D eigenvalue weighted by Crippen LogP contribution is 2.39. The molecule has 1 aromatic heterocycles. The van der Waals surface area contributed by atoms with E-state index in [9.17, 15) is 4.79 Å². The number of aromatic nitrogens is 1. The molecule has 3 aromatic carbocycles. The molecular weight excluding hydrogens is 482 g/mol. The van der Waals surface area contributed by atoms with Crippen molar-refractivity contribution in [3.63, 3.8) is 0 Å². The summed E-state index contributed by atoms with van der Waals surface area (Å²) in [5.74, 6) is 0.373. The molecule has 5 rings (SSSR count). The molecule has 4 aromatic rings. The van der Waals surface area contributed by atoms with Crippen molar-refractivity contribution >= 4 is 5.97 Å². The van der Waals surface area contributed by atoms with E-state index in [-0.39, 0.29) is 0 Å². The van der Waals surface area contributed by atoms with Crippen LogP contribution in [0.4, 0.5) is 0 Å². The second kappa shape index (κ2) is 12.6. The normalized spacial score (nSPS) is 11.5. The lowest BCUT2D eigenvalue weighted by atomic mass is 9.99. The van der Waals surface area contributed by atoms with Crippen LogP contribution in [0.1, 0.15) is 49.3 Å². The first-order valence-corrected chi connectivity index (χ1v) is 13.9. The zero-order chi connectivity index (χ0) is 27.0. The number of hydrogen-bond donors (Lipinski definition) is 0. The number of fused-ring (bicyclic) bond motifs is 3. The van der Waals surface area contributed by atoms with Crippen LogP contribution in [-0.4, -0.2) is 24.2 Å². The van der Waals surface area contributed by atoms with E-state index < -0.39 is 5.97 Å². The second-order valence-corrected chi connectivity index (χ2v) is 10.0. The van der Waals surface area contributed by atoms with Gasteiger partial charge in [-0.2, -0.15) is 0 Å². The van der Waals surface area contributed by atoms with Gasteiger partial charge in [-0.05, 0) is 76.9 Å². The Morgan fingerprint density at radius 3 is 2.33 bits per heavy atom. The van der Waals surface area contributed by atoms with Crippen LogP contribution < -0.4 is 4.74 Å². The van der Waals surface area contributed by atoms with Gasteiger partial charge in [0, 0.05) is 29.8 Å². The maximum Gasteiger partial charge on any atom is 0.330 e. The second-order valence-electron chi connectivity index (χ2n) is 10.0. The molecule has 0 N–H and O–H groups in total. The van der Waals surface area contributed by atoms with E-state index in [0.29, 0.717) is 19.6 Å². The van der Waals surface area contributed by atoms with Crippen molar-refractivity contribution in [1.82, 2.24) is 4.98 Å². The Morgan fingerprint density at radius 1 is 0.846 bits per heavy atom. The number of rotatable bonds is 12. The van der Waals surface area contributed by atoms with Crippen LogP contribution in [0, 0.1) is 0 Å². The number of carbonyl (C=O) groups is 1. The van der Waals surface area contributed by atoms with Crippen LogP contribution in [-0.2, 0) is 22.4 Å². The summed E-state index contributed by atoms with van der Waals surface area (Å²) in [6.45, 7) is 6.43. The fourth-order valence-corrected chi connectivity index (χ4v) is 5.12. The number of carbonyl (C=O) groups excluding carboxylic acids is 1. The number of benzene rings is 3. The number of unbranched alkanes of at least 4 members (excludes halogenated alkanes) is 2. The van der Waals surface area contributed by atoms with Gasteiger partial charge in [0.25, 0.3) is 0 Å². The third-order valence-corrected chi connectivity index (χ3v) is 7.23. The molecule has 0 atom stereocenters. The summed E-state index contributed by atoms with van der Waals surface area (Å²) in [5, 5.41) is 0. The van der Waals surface area contributed by atoms with Crippen LogP contribution in [0.15, 0.2) is 91.6 Å². The summed E-state index contributed by atoms with van der Waals surface area (Å²) in [5.41, 5.74) is 11.3. The molecule has 0 amide bonds. The molecule has 1 heterocycles. The Balaban J connectivity index is 1.20. The van der Waals surface area contributed by atoms with Gasteiger partial charge in [0.05, 0.1) is 18.9 Å². The average molecular weight is 518 g/mol. The minimum absolute atomic E-state index is 0.318. The van der Waals surface area contributed by atoms with Crippen LogP contribution in [0.3, 0.4) is 0 Å². The van der Waals surface area contributed by atoms with E-state index in [1.54, 1.807) is 0 Å². The lowest BCUT2D eigenvalue weighted by Gasteiger charge is -2.09. The van der Waals surface area contributed by atoms with Gasteiger partial charge in [-0.25, -0.2) is 4.79 Å². The van der Waals surface area contributed by atoms with E-state index in [1.165, 1.54) is 53.5 Å². The maximum atomic E-state index is 11.1. The largest absolute Gasteiger partial charge is 0.493 e. The smallest absolute Gasteiger partial charge is 0.330 e. The Bertz CT molecular complexity index is 1440. The molecular formula is C35H35NO3. The van der Waals surface area contributed by atoms with Crippen LogP contribution in [0.5, 0.6) is 5.75 Å². The third-order valence-electron chi connectivity index (χ3n) is 7.23. The number of aryl methyl sites for hydroxylation is 1. The third kappa shape index (κ3) is 6.46. The highest BCUT2D eigenvalue weighted by molar-refractivity contribution is 5.81. The fourth-order valence-electron chi connectivity index (χ4n) is 5.12. The van der Waals surface area contributed by atoms with E-state index in [0.717, 1.165) is 40.6 Å². The molecule has 4 nitrogen and oxygen atoms in total. The molecule has 0 unspecified atom stereocenters. The molecule has 1 aliphatic carbocycles. The van der Waals surface area contributed by atoms with Gasteiger partial charge in [0.15, 0.2) is 0 Å². The van der Waals surface area contributed by atoms with E-state index >= 15 is 0 Å². The number of pyridine rings is 1. The quantitative estimate of drug-likeness (QED) is 0.0950. The molecule has 0 fully saturated rings. The van der Waals surface area contributed by atoms with Crippen LogP contribution in [0.25, 0.3) is 33.5 Å². The Morgan fingerprint density at radius 2 is 1.59 bits per heavy atom. The molecule has 0 bridgehead atoms. The molecule has 0 saturated carbocycles. The number of ether oxygens (including phenoxy) is 2. The van der Waals surface area contributed by atoms with Crippen LogP contribution in [0.2, 0.25) is 0 Å². The first-order chi connectivity index (χ1) is 19.1. The molecule has 0 saturated heterocycles. The minimum Gasteiger partial charge on any atom is -0.493 e. The zero-order valence-corrected chi connectivity index (χ0v) is 22.6. The summed E-state index contributed by atoms with van der Waals surface area (Å²) in [6.07, 6.45) is 9.71. The summed E-state index contributed by atoms with van der Waals surface area (Å²) >= 11 is 0. The molecule has 0 radical (unpaired) electrons. The van der Waals surface area contributed by atoms with Gasteiger partial charge in [-0.3, -0.25) is 4.98 Å². The van der Waals surface area contributed by atoms with Crippen LogP contribution >= 0.6 is 0 Å². The van der Waals surface area contributed by atoms with Gasteiger partial charge in [0.1, 0.15) is 5.75 Å². The predicted molar refractivity (Wildman–Crippen MR) is 158 cm³/mol. The summed E-state index contributed by atoms with van der Waals surface area (Å²) < 4.78 is 10.7. The first-order valence-electron chi connectivity index (χ1n) is 13.9. The van der Waals surface area contributed by atoms with E-state index in [1.807, 2.05) is 30.5 Å². The zero-order valence-electron chi connectivity index (χ0n) is 22.6. The van der Waals surface area contributed by atoms with Crippen molar-refractivity contribution in [2.75, 3.05) is 13.2 Å².